The summed E-state index contributed by atoms with van der Waals surface area (Å²) in [4.78, 5) is 29.7. The van der Waals surface area contributed by atoms with E-state index in [0.29, 0.717) is 11.1 Å². The first-order valence-corrected chi connectivity index (χ1v) is 11.1. The second-order valence-corrected chi connectivity index (χ2v) is 7.82. The Labute approximate surface area is 193 Å². The fourth-order valence-electron chi connectivity index (χ4n) is 4.02. The number of aromatic nitrogens is 2. The van der Waals surface area contributed by atoms with Crippen molar-refractivity contribution in [1.29, 1.82) is 0 Å². The van der Waals surface area contributed by atoms with Crippen LogP contribution in [0.5, 0.6) is 0 Å². The molecule has 0 fully saturated rings. The van der Waals surface area contributed by atoms with E-state index < -0.39 is 5.97 Å². The van der Waals surface area contributed by atoms with Crippen LogP contribution in [0.3, 0.4) is 0 Å². The number of fused-ring (bicyclic) bond motifs is 1. The molecule has 0 bridgehead atoms. The van der Waals surface area contributed by atoms with Gasteiger partial charge in [0, 0.05) is 11.4 Å². The summed E-state index contributed by atoms with van der Waals surface area (Å²) in [7, 11) is 0. The summed E-state index contributed by atoms with van der Waals surface area (Å²) in [5.41, 5.74) is 5.88. The van der Waals surface area contributed by atoms with E-state index >= 15 is 0 Å². The van der Waals surface area contributed by atoms with Crippen molar-refractivity contribution >= 4 is 28.6 Å². The maximum atomic E-state index is 12.6. The molecule has 168 valence electrons. The average molecular weight is 442 g/mol. The third kappa shape index (κ3) is 4.65. The van der Waals surface area contributed by atoms with E-state index in [2.05, 4.69) is 10.3 Å². The van der Waals surface area contributed by atoms with E-state index in [9.17, 15) is 9.59 Å². The van der Waals surface area contributed by atoms with Crippen LogP contribution >= 0.6 is 0 Å². The Morgan fingerprint density at radius 3 is 2.30 bits per heavy atom. The van der Waals surface area contributed by atoms with Crippen molar-refractivity contribution < 1.29 is 14.3 Å². The molecule has 6 nitrogen and oxygen atoms in total. The lowest BCUT2D eigenvalue weighted by atomic mass is 10.0. The van der Waals surface area contributed by atoms with E-state index in [1.54, 1.807) is 12.1 Å². The molecule has 0 aliphatic rings. The minimum absolute atomic E-state index is 0.352. The Morgan fingerprint density at radius 2 is 1.64 bits per heavy atom. The maximum Gasteiger partial charge on any atom is 0.338 e. The fourth-order valence-corrected chi connectivity index (χ4v) is 4.02. The highest BCUT2D eigenvalue weighted by Crippen LogP contribution is 2.24. The van der Waals surface area contributed by atoms with Crippen molar-refractivity contribution in [2.75, 3.05) is 11.9 Å². The van der Waals surface area contributed by atoms with Crippen LogP contribution in [0, 0.1) is 6.92 Å². The Morgan fingerprint density at radius 1 is 0.939 bits per heavy atom. The lowest BCUT2D eigenvalue weighted by molar-refractivity contribution is -0.119. The molecular weight excluding hydrogens is 414 g/mol. The largest absolute Gasteiger partial charge is 0.452 e. The lowest BCUT2D eigenvalue weighted by Gasteiger charge is -2.14. The molecule has 1 amide bonds. The van der Waals surface area contributed by atoms with Crippen LogP contribution in [0.15, 0.2) is 66.7 Å². The van der Waals surface area contributed by atoms with Crippen LogP contribution < -0.4 is 5.32 Å². The Balaban J connectivity index is 1.47. The minimum Gasteiger partial charge on any atom is -0.452 e. The predicted molar refractivity (Wildman–Crippen MR) is 130 cm³/mol. The third-order valence-corrected chi connectivity index (χ3v) is 5.67. The molecule has 33 heavy (non-hydrogen) atoms. The number of benzene rings is 3. The summed E-state index contributed by atoms with van der Waals surface area (Å²) in [6, 6.07) is 21.2. The molecule has 0 aliphatic carbocycles. The summed E-state index contributed by atoms with van der Waals surface area (Å²) < 4.78 is 7.33. The first kappa shape index (κ1) is 22.3. The van der Waals surface area contributed by atoms with Gasteiger partial charge in [0.1, 0.15) is 5.82 Å². The van der Waals surface area contributed by atoms with Gasteiger partial charge in [-0.05, 0) is 61.2 Å². The number of carbonyl (C=O) groups excluding carboxylic acids is 2. The molecule has 3 aromatic carbocycles. The number of anilines is 1. The number of esters is 1. The number of aryl methyl sites for hydroxylation is 3. The normalized spacial score (nSPS) is 10.9. The number of imidazole rings is 1. The van der Waals surface area contributed by atoms with E-state index in [-0.39, 0.29) is 12.5 Å². The van der Waals surface area contributed by atoms with Gasteiger partial charge in [-0.3, -0.25) is 9.36 Å². The number of hydrogen-bond acceptors (Lipinski definition) is 4. The number of hydrogen-bond donors (Lipinski definition) is 1. The first-order chi connectivity index (χ1) is 16.0. The topological polar surface area (TPSA) is 73.2 Å². The van der Waals surface area contributed by atoms with Gasteiger partial charge in [-0.2, -0.15) is 0 Å². The van der Waals surface area contributed by atoms with Crippen LogP contribution in [0.1, 0.15) is 41.2 Å². The molecule has 1 N–H and O–H groups in total. The zero-order valence-electron chi connectivity index (χ0n) is 19.1. The van der Waals surface area contributed by atoms with Crippen molar-refractivity contribution in [3.8, 4) is 5.69 Å². The highest BCUT2D eigenvalue weighted by molar-refractivity contribution is 5.98. The van der Waals surface area contributed by atoms with Crippen LogP contribution in [-0.2, 0) is 22.4 Å². The highest BCUT2D eigenvalue weighted by Gasteiger charge is 2.16. The third-order valence-electron chi connectivity index (χ3n) is 5.67. The standard InChI is InChI=1S/C27H27N3O3/c1-4-19-10-9-11-20(5-2)26(19)29-25(31)17-33-27(32)21-14-15-24-23(16-21)28-18(3)30(24)22-12-7-6-8-13-22/h6-16H,4-5,17H2,1-3H3,(H,29,31). The van der Waals surface area contributed by atoms with Gasteiger partial charge in [0.25, 0.3) is 5.91 Å². The molecule has 0 saturated carbocycles. The average Bonchev–Trinajstić information content (AvgIpc) is 3.17. The van der Waals surface area contributed by atoms with Crippen molar-refractivity contribution in [1.82, 2.24) is 9.55 Å². The van der Waals surface area contributed by atoms with Gasteiger partial charge in [-0.15, -0.1) is 0 Å². The van der Waals surface area contributed by atoms with Gasteiger partial charge in [-0.1, -0.05) is 50.2 Å². The lowest BCUT2D eigenvalue weighted by Crippen LogP contribution is -2.22. The molecule has 4 aromatic rings. The molecule has 1 heterocycles. The molecular formula is C27H27N3O3. The first-order valence-electron chi connectivity index (χ1n) is 11.1. The monoisotopic (exact) mass is 441 g/mol. The summed E-state index contributed by atoms with van der Waals surface area (Å²) in [5.74, 6) is -0.0925. The van der Waals surface area contributed by atoms with Crippen molar-refractivity contribution in [2.45, 2.75) is 33.6 Å². The number of nitrogens with one attached hydrogen (secondary N) is 1. The van der Waals surface area contributed by atoms with Crippen LogP contribution in [0.2, 0.25) is 0 Å². The van der Waals surface area contributed by atoms with Gasteiger partial charge >= 0.3 is 5.97 Å². The molecule has 0 saturated heterocycles. The van der Waals surface area contributed by atoms with E-state index in [1.807, 2.05) is 79.9 Å². The van der Waals surface area contributed by atoms with E-state index in [0.717, 1.165) is 46.7 Å². The Hall–Kier alpha value is -3.93. The van der Waals surface area contributed by atoms with Gasteiger partial charge < -0.3 is 10.1 Å². The number of carbonyl (C=O) groups is 2. The number of nitrogens with zero attached hydrogens (tertiary/aromatic N) is 2. The SMILES string of the molecule is CCc1cccc(CC)c1NC(=O)COC(=O)c1ccc2c(c1)nc(C)n2-c1ccccc1. The van der Waals surface area contributed by atoms with Gasteiger partial charge in [0.2, 0.25) is 0 Å². The number of rotatable bonds is 7. The molecule has 0 unspecified atom stereocenters. The number of amides is 1. The zero-order chi connectivity index (χ0) is 23.4. The molecule has 0 radical (unpaired) electrons. The smallest absolute Gasteiger partial charge is 0.338 e. The number of para-hydroxylation sites is 2. The number of ether oxygens (including phenoxy) is 1. The van der Waals surface area contributed by atoms with Crippen LogP contribution in [-0.4, -0.2) is 28.0 Å². The van der Waals surface area contributed by atoms with Crippen molar-refractivity contribution in [2.24, 2.45) is 0 Å². The second kappa shape index (κ2) is 9.69. The summed E-state index contributed by atoms with van der Waals surface area (Å²) >= 11 is 0. The summed E-state index contributed by atoms with van der Waals surface area (Å²) in [5, 5.41) is 2.91. The van der Waals surface area contributed by atoms with Crippen LogP contribution in [0.25, 0.3) is 16.7 Å². The van der Waals surface area contributed by atoms with Crippen molar-refractivity contribution in [3.05, 3.63) is 89.2 Å². The molecule has 1 aromatic heterocycles. The molecule has 0 aliphatic heterocycles. The molecule has 6 heteroatoms. The van der Waals surface area contributed by atoms with Gasteiger partial charge in [-0.25, -0.2) is 9.78 Å². The quantitative estimate of drug-likeness (QED) is 0.397. The summed E-state index contributed by atoms with van der Waals surface area (Å²) in [6.07, 6.45) is 1.61. The second-order valence-electron chi connectivity index (χ2n) is 7.82. The minimum atomic E-state index is -0.557. The predicted octanol–water partition coefficient (Wildman–Crippen LogP) is 5.25. The van der Waals surface area contributed by atoms with Gasteiger partial charge in [0.05, 0.1) is 16.6 Å². The fraction of sp³-hybridized carbons (Fsp3) is 0.222. The zero-order valence-corrected chi connectivity index (χ0v) is 19.1. The van der Waals surface area contributed by atoms with E-state index in [1.165, 1.54) is 0 Å². The van der Waals surface area contributed by atoms with Crippen molar-refractivity contribution in [3.63, 3.8) is 0 Å². The highest BCUT2D eigenvalue weighted by atomic mass is 16.5. The Bertz CT molecular complexity index is 1290. The maximum absolute atomic E-state index is 12.6. The molecule has 4 rings (SSSR count). The molecule has 0 spiro atoms. The Kier molecular flexibility index (Phi) is 6.54. The van der Waals surface area contributed by atoms with Crippen LogP contribution in [0.4, 0.5) is 5.69 Å². The summed E-state index contributed by atoms with van der Waals surface area (Å²) in [6.45, 7) is 5.66. The van der Waals surface area contributed by atoms with Gasteiger partial charge in [0.15, 0.2) is 6.61 Å². The van der Waals surface area contributed by atoms with E-state index in [4.69, 9.17) is 4.74 Å². The molecule has 0 atom stereocenters.